The predicted octanol–water partition coefficient (Wildman–Crippen LogP) is 4.09. The third-order valence-corrected chi connectivity index (χ3v) is 6.46. The van der Waals surface area contributed by atoms with E-state index in [-0.39, 0.29) is 18.1 Å². The summed E-state index contributed by atoms with van der Waals surface area (Å²) >= 11 is 1.36. The number of rotatable bonds is 8. The molecule has 0 aliphatic heterocycles. The number of hydrogen-bond acceptors (Lipinski definition) is 8. The van der Waals surface area contributed by atoms with Gasteiger partial charge in [0, 0.05) is 10.6 Å². The van der Waals surface area contributed by atoms with Crippen LogP contribution in [0.25, 0.3) is 0 Å². The van der Waals surface area contributed by atoms with Gasteiger partial charge < -0.3 is 20.1 Å². The monoisotopic (exact) mass is 497 g/mol. The van der Waals surface area contributed by atoms with Gasteiger partial charge in [-0.1, -0.05) is 6.92 Å². The topological polar surface area (TPSA) is 135 Å². The number of ether oxygens (including phenoxy) is 2. The van der Waals surface area contributed by atoms with E-state index < -0.39 is 30.4 Å². The van der Waals surface area contributed by atoms with E-state index in [4.69, 9.17) is 14.7 Å². The Balaban J connectivity index is 1.63. The van der Waals surface area contributed by atoms with Gasteiger partial charge in [0.25, 0.3) is 5.91 Å². The summed E-state index contributed by atoms with van der Waals surface area (Å²) < 4.78 is 10.5. The molecule has 9 nitrogen and oxygen atoms in total. The van der Waals surface area contributed by atoms with Crippen LogP contribution in [0.3, 0.4) is 0 Å². The molecule has 3 rings (SSSR count). The van der Waals surface area contributed by atoms with Crippen LogP contribution in [0.1, 0.15) is 64.8 Å². The fraction of sp³-hybridized carbons (Fsp3) is 0.400. The lowest BCUT2D eigenvalue weighted by molar-refractivity contribution is -0.119. The van der Waals surface area contributed by atoms with Crippen LogP contribution in [0, 0.1) is 17.2 Å². The number of anilines is 2. The highest BCUT2D eigenvalue weighted by atomic mass is 32.1. The minimum Gasteiger partial charge on any atom is -0.459 e. The number of carbonyl (C=O) groups is 4. The molecule has 0 fully saturated rings. The van der Waals surface area contributed by atoms with Gasteiger partial charge in [0.05, 0.1) is 23.3 Å². The van der Waals surface area contributed by atoms with E-state index in [9.17, 15) is 19.2 Å². The number of nitriles is 1. The van der Waals surface area contributed by atoms with E-state index in [0.717, 1.165) is 29.7 Å². The fourth-order valence-electron chi connectivity index (χ4n) is 3.67. The van der Waals surface area contributed by atoms with Crippen LogP contribution < -0.4 is 10.6 Å². The first-order chi connectivity index (χ1) is 16.7. The van der Waals surface area contributed by atoms with Crippen molar-refractivity contribution in [3.05, 3.63) is 45.8 Å². The van der Waals surface area contributed by atoms with Crippen LogP contribution in [0.4, 0.5) is 10.7 Å². The number of benzene rings is 1. The maximum atomic E-state index is 12.8. The van der Waals surface area contributed by atoms with Gasteiger partial charge in [-0.2, -0.15) is 5.26 Å². The van der Waals surface area contributed by atoms with Crippen molar-refractivity contribution in [3.63, 3.8) is 0 Å². The van der Waals surface area contributed by atoms with Crippen molar-refractivity contribution in [2.24, 2.45) is 5.92 Å². The molecule has 0 saturated heterocycles. The van der Waals surface area contributed by atoms with Crippen molar-refractivity contribution in [1.82, 2.24) is 0 Å². The first-order valence-corrected chi connectivity index (χ1v) is 12.1. The number of carbonyl (C=O) groups excluding carboxylic acids is 4. The van der Waals surface area contributed by atoms with Crippen molar-refractivity contribution >= 4 is 45.8 Å². The third kappa shape index (κ3) is 6.90. The first-order valence-electron chi connectivity index (χ1n) is 11.3. The highest BCUT2D eigenvalue weighted by molar-refractivity contribution is 7.17. The molecule has 184 valence electrons. The van der Waals surface area contributed by atoms with Gasteiger partial charge in [-0.3, -0.25) is 9.59 Å². The molecule has 1 aromatic carbocycles. The Bertz CT molecular complexity index is 1160. The molecular weight excluding hydrogens is 470 g/mol. The molecule has 2 aromatic rings. The maximum Gasteiger partial charge on any atom is 0.341 e. The molecule has 1 aromatic heterocycles. The Labute approximate surface area is 207 Å². The van der Waals surface area contributed by atoms with Crippen LogP contribution in [0.2, 0.25) is 0 Å². The largest absolute Gasteiger partial charge is 0.459 e. The molecule has 2 N–H and O–H groups in total. The standard InChI is InChI=1S/C25H27N3O6S/c1-14(2)34-25(32)22-18-9-4-15(3)12-19(18)35-23(22)28-21(30)13-33-24(31)16-5-7-17(8-6-16)27-20(29)10-11-26/h5-8,14-15H,4,9-10,12-13H2,1-3H3,(H,27,29)(H,28,30). The predicted molar refractivity (Wildman–Crippen MR) is 130 cm³/mol. The Hall–Kier alpha value is -3.71. The van der Waals surface area contributed by atoms with Gasteiger partial charge in [0.1, 0.15) is 11.4 Å². The van der Waals surface area contributed by atoms with E-state index in [2.05, 4.69) is 17.6 Å². The van der Waals surface area contributed by atoms with Crippen LogP contribution in [-0.4, -0.2) is 36.5 Å². The minimum absolute atomic E-state index is 0.192. The van der Waals surface area contributed by atoms with E-state index in [1.54, 1.807) is 19.9 Å². The Morgan fingerprint density at radius 1 is 1.11 bits per heavy atom. The van der Waals surface area contributed by atoms with Crippen molar-refractivity contribution in [3.8, 4) is 6.07 Å². The van der Waals surface area contributed by atoms with Gasteiger partial charge in [0.15, 0.2) is 6.61 Å². The zero-order chi connectivity index (χ0) is 25.5. The van der Waals surface area contributed by atoms with Crippen LogP contribution in [0.15, 0.2) is 24.3 Å². The summed E-state index contributed by atoms with van der Waals surface area (Å²) in [6.45, 7) is 5.16. The van der Waals surface area contributed by atoms with Gasteiger partial charge in [-0.25, -0.2) is 9.59 Å². The number of fused-ring (bicyclic) bond motifs is 1. The summed E-state index contributed by atoms with van der Waals surface area (Å²) in [5, 5.41) is 14.2. The molecule has 1 atom stereocenters. The second kappa shape index (κ2) is 11.6. The van der Waals surface area contributed by atoms with E-state index in [0.29, 0.717) is 22.2 Å². The average Bonchev–Trinajstić information content (AvgIpc) is 3.14. The normalized spacial score (nSPS) is 14.4. The van der Waals surface area contributed by atoms with Gasteiger partial charge >= 0.3 is 11.9 Å². The molecule has 0 bridgehead atoms. The van der Waals surface area contributed by atoms with Crippen molar-refractivity contribution in [2.75, 3.05) is 17.2 Å². The molecule has 1 unspecified atom stereocenters. The number of nitrogens with zero attached hydrogens (tertiary/aromatic N) is 1. The van der Waals surface area contributed by atoms with Crippen molar-refractivity contribution in [1.29, 1.82) is 5.26 Å². The molecule has 1 aliphatic rings. The van der Waals surface area contributed by atoms with Crippen molar-refractivity contribution < 1.29 is 28.7 Å². The van der Waals surface area contributed by atoms with Crippen LogP contribution >= 0.6 is 11.3 Å². The Morgan fingerprint density at radius 3 is 2.49 bits per heavy atom. The summed E-state index contributed by atoms with van der Waals surface area (Å²) in [4.78, 5) is 50.2. The number of amides is 2. The molecular formula is C25H27N3O6S. The van der Waals surface area contributed by atoms with Crippen molar-refractivity contribution in [2.45, 2.75) is 52.6 Å². The average molecular weight is 498 g/mol. The van der Waals surface area contributed by atoms with Gasteiger partial charge in [0.2, 0.25) is 5.91 Å². The molecule has 35 heavy (non-hydrogen) atoms. The Kier molecular flexibility index (Phi) is 8.60. The van der Waals surface area contributed by atoms with Gasteiger partial charge in [-0.05, 0) is 68.9 Å². The zero-order valence-corrected chi connectivity index (χ0v) is 20.6. The quantitative estimate of drug-likeness (QED) is 0.525. The Morgan fingerprint density at radius 2 is 1.83 bits per heavy atom. The number of nitrogens with one attached hydrogen (secondary N) is 2. The smallest absolute Gasteiger partial charge is 0.341 e. The highest BCUT2D eigenvalue weighted by Gasteiger charge is 2.29. The molecule has 1 heterocycles. The highest BCUT2D eigenvalue weighted by Crippen LogP contribution is 2.40. The summed E-state index contributed by atoms with van der Waals surface area (Å²) in [6.07, 6.45) is 1.96. The number of esters is 2. The summed E-state index contributed by atoms with van der Waals surface area (Å²) in [6, 6.07) is 7.62. The molecule has 0 radical (unpaired) electrons. The van der Waals surface area contributed by atoms with Gasteiger partial charge in [-0.15, -0.1) is 11.3 Å². The summed E-state index contributed by atoms with van der Waals surface area (Å²) in [5.41, 5.74) is 1.93. The van der Waals surface area contributed by atoms with Crippen LogP contribution in [0.5, 0.6) is 0 Å². The lowest BCUT2D eigenvalue weighted by Crippen LogP contribution is -2.22. The number of thiophene rings is 1. The molecule has 1 aliphatic carbocycles. The molecule has 0 saturated carbocycles. The summed E-state index contributed by atoms with van der Waals surface area (Å²) in [7, 11) is 0. The SMILES string of the molecule is CC1CCc2c(sc(NC(=O)COC(=O)c3ccc(NC(=O)CC#N)cc3)c2C(=O)OC(C)C)C1. The second-order valence-corrected chi connectivity index (χ2v) is 9.70. The lowest BCUT2D eigenvalue weighted by atomic mass is 9.88. The van der Waals surface area contributed by atoms with E-state index in [1.165, 1.54) is 35.6 Å². The van der Waals surface area contributed by atoms with Crippen LogP contribution in [-0.2, 0) is 31.9 Å². The lowest BCUT2D eigenvalue weighted by Gasteiger charge is -2.18. The maximum absolute atomic E-state index is 12.8. The molecule has 2 amide bonds. The van der Waals surface area contributed by atoms with E-state index >= 15 is 0 Å². The first kappa shape index (κ1) is 25.9. The number of hydrogen-bond donors (Lipinski definition) is 2. The minimum atomic E-state index is -0.714. The molecule has 10 heteroatoms. The zero-order valence-electron chi connectivity index (χ0n) is 19.8. The molecule has 0 spiro atoms. The summed E-state index contributed by atoms with van der Waals surface area (Å²) in [5.74, 6) is -1.72. The second-order valence-electron chi connectivity index (χ2n) is 8.59. The van der Waals surface area contributed by atoms with E-state index in [1.807, 2.05) is 0 Å². The third-order valence-electron chi connectivity index (χ3n) is 5.29. The fourth-order valence-corrected chi connectivity index (χ4v) is 5.09.